The van der Waals surface area contributed by atoms with Crippen LogP contribution in [0.25, 0.3) is 5.65 Å². The predicted octanol–water partition coefficient (Wildman–Crippen LogP) is 2.56. The molecule has 0 saturated heterocycles. The fourth-order valence-corrected chi connectivity index (χ4v) is 2.36. The number of aryl methyl sites for hydroxylation is 1. The van der Waals surface area contributed by atoms with Crippen LogP contribution in [0.15, 0.2) is 41.1 Å². The lowest BCUT2D eigenvalue weighted by Crippen LogP contribution is -2.24. The van der Waals surface area contributed by atoms with E-state index in [9.17, 15) is 4.79 Å². The summed E-state index contributed by atoms with van der Waals surface area (Å²) in [5.41, 5.74) is 1.80. The zero-order valence-corrected chi connectivity index (χ0v) is 12.5. The minimum atomic E-state index is -0.199. The summed E-state index contributed by atoms with van der Waals surface area (Å²) in [5.74, 6) is 1.17. The Morgan fingerprint density at radius 1 is 1.41 bits per heavy atom. The van der Waals surface area contributed by atoms with Crippen LogP contribution in [0.2, 0.25) is 0 Å². The molecule has 0 atom stereocenters. The smallest absolute Gasteiger partial charge is 0.270 e. The summed E-state index contributed by atoms with van der Waals surface area (Å²) in [6.45, 7) is 4.61. The first-order valence-electron chi connectivity index (χ1n) is 7.11. The Balaban J connectivity index is 1.91. The molecule has 6 nitrogen and oxygen atoms in total. The number of aromatic nitrogens is 2. The van der Waals surface area contributed by atoms with Gasteiger partial charge in [0.2, 0.25) is 0 Å². The van der Waals surface area contributed by atoms with Crippen LogP contribution in [0, 0.1) is 6.92 Å². The number of imidazole rings is 1. The lowest BCUT2D eigenvalue weighted by atomic mass is 10.3. The second kappa shape index (κ2) is 5.93. The van der Waals surface area contributed by atoms with Crippen molar-refractivity contribution in [3.63, 3.8) is 0 Å². The third-order valence-electron chi connectivity index (χ3n) is 3.31. The first-order valence-corrected chi connectivity index (χ1v) is 7.11. The fraction of sp³-hybridized carbons (Fsp3) is 0.250. The van der Waals surface area contributed by atoms with Crippen LogP contribution in [0.3, 0.4) is 0 Å². The molecular formula is C16H17N3O3. The average molecular weight is 299 g/mol. The Kier molecular flexibility index (Phi) is 3.82. The summed E-state index contributed by atoms with van der Waals surface area (Å²) in [7, 11) is 0. The molecule has 1 N–H and O–H groups in total. The van der Waals surface area contributed by atoms with E-state index in [1.807, 2.05) is 32.0 Å². The number of fused-ring (bicyclic) bond motifs is 1. The molecule has 0 radical (unpaired) electrons. The van der Waals surface area contributed by atoms with Crippen molar-refractivity contribution >= 4 is 11.6 Å². The van der Waals surface area contributed by atoms with Crippen molar-refractivity contribution < 1.29 is 13.9 Å². The summed E-state index contributed by atoms with van der Waals surface area (Å²) in [4.78, 5) is 16.9. The van der Waals surface area contributed by atoms with Gasteiger partial charge < -0.3 is 14.5 Å². The summed E-state index contributed by atoms with van der Waals surface area (Å²) >= 11 is 0. The van der Waals surface area contributed by atoms with Crippen molar-refractivity contribution in [2.24, 2.45) is 0 Å². The number of carbonyl (C=O) groups excluding carboxylic acids is 1. The fourth-order valence-electron chi connectivity index (χ4n) is 2.36. The highest BCUT2D eigenvalue weighted by Gasteiger charge is 2.18. The minimum Gasteiger partial charge on any atom is -0.490 e. The number of amides is 1. The van der Waals surface area contributed by atoms with E-state index in [4.69, 9.17) is 9.15 Å². The normalized spacial score (nSPS) is 10.8. The Morgan fingerprint density at radius 2 is 2.27 bits per heavy atom. The number of furan rings is 1. The predicted molar refractivity (Wildman–Crippen MR) is 81.0 cm³/mol. The molecular weight excluding hydrogens is 282 g/mol. The molecule has 3 rings (SSSR count). The van der Waals surface area contributed by atoms with Gasteiger partial charge in [-0.15, -0.1) is 0 Å². The molecule has 0 spiro atoms. The van der Waals surface area contributed by atoms with Crippen LogP contribution in [0.4, 0.5) is 0 Å². The minimum absolute atomic E-state index is 0.199. The van der Waals surface area contributed by atoms with E-state index < -0.39 is 0 Å². The largest absolute Gasteiger partial charge is 0.490 e. The van der Waals surface area contributed by atoms with Gasteiger partial charge in [-0.1, -0.05) is 0 Å². The summed E-state index contributed by atoms with van der Waals surface area (Å²) in [6.07, 6.45) is 3.38. The first kappa shape index (κ1) is 14.2. The van der Waals surface area contributed by atoms with E-state index in [2.05, 4.69) is 10.3 Å². The van der Waals surface area contributed by atoms with Gasteiger partial charge in [-0.05, 0) is 38.1 Å². The van der Waals surface area contributed by atoms with Crippen LogP contribution in [-0.4, -0.2) is 21.9 Å². The van der Waals surface area contributed by atoms with Gasteiger partial charge >= 0.3 is 0 Å². The Bertz CT molecular complexity index is 790. The molecule has 0 saturated carbocycles. The van der Waals surface area contributed by atoms with Crippen LogP contribution < -0.4 is 10.1 Å². The van der Waals surface area contributed by atoms with Crippen LogP contribution >= 0.6 is 0 Å². The number of pyridine rings is 1. The number of hydrogen-bond donors (Lipinski definition) is 1. The van der Waals surface area contributed by atoms with Gasteiger partial charge in [0, 0.05) is 6.20 Å². The van der Waals surface area contributed by atoms with Gasteiger partial charge in [-0.2, -0.15) is 0 Å². The molecule has 0 unspecified atom stereocenters. The molecule has 1 amide bonds. The van der Waals surface area contributed by atoms with Gasteiger partial charge in [0.15, 0.2) is 11.4 Å². The molecule has 0 bridgehead atoms. The van der Waals surface area contributed by atoms with Gasteiger partial charge in [-0.3, -0.25) is 9.20 Å². The molecule has 3 aromatic heterocycles. The molecule has 114 valence electrons. The maximum atomic E-state index is 12.5. The topological polar surface area (TPSA) is 68.8 Å². The Hall–Kier alpha value is -2.76. The third kappa shape index (κ3) is 2.55. The number of rotatable bonds is 5. The average Bonchev–Trinajstić information content (AvgIpc) is 3.12. The van der Waals surface area contributed by atoms with E-state index in [1.165, 1.54) is 0 Å². The van der Waals surface area contributed by atoms with Crippen molar-refractivity contribution in [2.45, 2.75) is 20.4 Å². The second-order valence-electron chi connectivity index (χ2n) is 4.81. The van der Waals surface area contributed by atoms with Gasteiger partial charge in [0.1, 0.15) is 11.5 Å². The maximum absolute atomic E-state index is 12.5. The third-order valence-corrected chi connectivity index (χ3v) is 3.31. The van der Waals surface area contributed by atoms with E-state index in [1.54, 1.807) is 22.9 Å². The molecule has 3 aromatic rings. The van der Waals surface area contributed by atoms with Gasteiger partial charge in [-0.25, -0.2) is 4.98 Å². The van der Waals surface area contributed by atoms with Crippen molar-refractivity contribution in [3.8, 4) is 5.75 Å². The molecule has 22 heavy (non-hydrogen) atoms. The van der Waals surface area contributed by atoms with Crippen molar-refractivity contribution in [3.05, 3.63) is 53.9 Å². The van der Waals surface area contributed by atoms with E-state index >= 15 is 0 Å². The number of nitrogens with zero attached hydrogens (tertiary/aromatic N) is 2. The monoisotopic (exact) mass is 299 g/mol. The van der Waals surface area contributed by atoms with E-state index in [0.29, 0.717) is 41.7 Å². The highest BCUT2D eigenvalue weighted by atomic mass is 16.5. The lowest BCUT2D eigenvalue weighted by Gasteiger charge is -2.06. The quantitative estimate of drug-likeness (QED) is 0.786. The molecule has 0 aliphatic carbocycles. The Labute approximate surface area is 127 Å². The number of ether oxygens (including phenoxy) is 1. The number of nitrogens with one attached hydrogen (secondary N) is 1. The van der Waals surface area contributed by atoms with Crippen LogP contribution in [-0.2, 0) is 6.54 Å². The SMILES string of the molecule is CCOc1cccn2c(C(=O)NCc3ccco3)c(C)nc12. The Morgan fingerprint density at radius 3 is 3.00 bits per heavy atom. The van der Waals surface area contributed by atoms with Gasteiger partial charge in [0.25, 0.3) is 5.91 Å². The molecule has 0 aliphatic rings. The van der Waals surface area contributed by atoms with Crippen molar-refractivity contribution in [2.75, 3.05) is 6.61 Å². The van der Waals surface area contributed by atoms with E-state index in [-0.39, 0.29) is 5.91 Å². The second-order valence-corrected chi connectivity index (χ2v) is 4.81. The van der Waals surface area contributed by atoms with Crippen LogP contribution in [0.1, 0.15) is 28.9 Å². The van der Waals surface area contributed by atoms with Gasteiger partial charge in [0.05, 0.1) is 25.1 Å². The molecule has 0 fully saturated rings. The standard InChI is InChI=1S/C16H17N3O3/c1-3-21-13-7-4-8-19-14(11(2)18-15(13)19)16(20)17-10-12-6-5-9-22-12/h4-9H,3,10H2,1-2H3,(H,17,20). The summed E-state index contributed by atoms with van der Waals surface area (Å²) < 4.78 is 12.5. The maximum Gasteiger partial charge on any atom is 0.270 e. The number of hydrogen-bond acceptors (Lipinski definition) is 4. The molecule has 0 aliphatic heterocycles. The highest BCUT2D eigenvalue weighted by molar-refractivity contribution is 5.94. The van der Waals surface area contributed by atoms with Crippen molar-refractivity contribution in [1.29, 1.82) is 0 Å². The molecule has 0 aromatic carbocycles. The zero-order chi connectivity index (χ0) is 15.5. The lowest BCUT2D eigenvalue weighted by molar-refractivity contribution is 0.0941. The zero-order valence-electron chi connectivity index (χ0n) is 12.5. The number of carbonyl (C=O) groups is 1. The van der Waals surface area contributed by atoms with E-state index in [0.717, 1.165) is 0 Å². The molecule has 6 heteroatoms. The van der Waals surface area contributed by atoms with Crippen LogP contribution in [0.5, 0.6) is 5.75 Å². The molecule has 3 heterocycles. The first-order chi connectivity index (χ1) is 10.7. The summed E-state index contributed by atoms with van der Waals surface area (Å²) in [5, 5.41) is 2.84. The highest BCUT2D eigenvalue weighted by Crippen LogP contribution is 2.22. The van der Waals surface area contributed by atoms with Crippen molar-refractivity contribution in [1.82, 2.24) is 14.7 Å². The summed E-state index contributed by atoms with van der Waals surface area (Å²) in [6, 6.07) is 7.28.